The van der Waals surface area contributed by atoms with E-state index in [0.717, 1.165) is 35.0 Å². The first kappa shape index (κ1) is 17.8. The summed E-state index contributed by atoms with van der Waals surface area (Å²) < 4.78 is 5.67. The molecule has 0 aliphatic carbocycles. The molecule has 0 spiro atoms. The fourth-order valence-corrected chi connectivity index (χ4v) is 2.86. The van der Waals surface area contributed by atoms with Crippen molar-refractivity contribution in [2.75, 3.05) is 13.7 Å². The second-order valence-electron chi connectivity index (χ2n) is 5.44. The van der Waals surface area contributed by atoms with E-state index in [0.29, 0.717) is 5.92 Å². The van der Waals surface area contributed by atoms with Crippen molar-refractivity contribution in [2.24, 2.45) is 5.92 Å². The number of rotatable bonds is 8. The zero-order valence-corrected chi connectivity index (χ0v) is 14.3. The maximum absolute atomic E-state index is 6.27. The van der Waals surface area contributed by atoms with Gasteiger partial charge in [-0.25, -0.2) is 0 Å². The largest absolute Gasteiger partial charge is 0.380 e. The lowest BCUT2D eigenvalue weighted by Crippen LogP contribution is -2.45. The number of methoxy groups -OCH3 is 1. The molecule has 4 heteroatoms. The zero-order chi connectivity index (χ0) is 15.1. The standard InChI is InChI=1S/C16H25Cl2NO/c1-5-8-19-15(16(20-4)11(2)3)10-12-9-13(17)6-7-14(12)18/h6-7,9,11,15-16,19H,5,8,10H2,1-4H3. The van der Waals surface area contributed by atoms with Crippen molar-refractivity contribution in [1.29, 1.82) is 0 Å². The molecule has 0 aliphatic heterocycles. The number of hydrogen-bond acceptors (Lipinski definition) is 2. The molecule has 1 rings (SSSR count). The first-order valence-corrected chi connectivity index (χ1v) is 7.95. The first-order chi connectivity index (χ1) is 9.49. The molecule has 1 aromatic rings. The Balaban J connectivity index is 2.90. The Labute approximate surface area is 132 Å². The summed E-state index contributed by atoms with van der Waals surface area (Å²) in [6.07, 6.45) is 2.06. The quantitative estimate of drug-likeness (QED) is 0.758. The summed E-state index contributed by atoms with van der Waals surface area (Å²) >= 11 is 12.3. The van der Waals surface area contributed by atoms with E-state index < -0.39 is 0 Å². The second kappa shape index (κ2) is 8.89. The molecule has 0 aromatic heterocycles. The molecule has 0 fully saturated rings. The molecule has 0 saturated heterocycles. The van der Waals surface area contributed by atoms with E-state index in [-0.39, 0.29) is 12.1 Å². The number of halogens is 2. The molecule has 0 saturated carbocycles. The minimum atomic E-state index is 0.150. The van der Waals surface area contributed by atoms with Gasteiger partial charge in [-0.3, -0.25) is 0 Å². The molecule has 2 atom stereocenters. The molecular formula is C16H25Cl2NO. The van der Waals surface area contributed by atoms with E-state index in [9.17, 15) is 0 Å². The van der Waals surface area contributed by atoms with Crippen LogP contribution in [0.5, 0.6) is 0 Å². The van der Waals surface area contributed by atoms with E-state index in [1.54, 1.807) is 7.11 Å². The SMILES string of the molecule is CCCNC(Cc1cc(Cl)ccc1Cl)C(OC)C(C)C. The summed E-state index contributed by atoms with van der Waals surface area (Å²) in [6, 6.07) is 5.85. The summed E-state index contributed by atoms with van der Waals surface area (Å²) in [7, 11) is 1.77. The third-order valence-corrected chi connectivity index (χ3v) is 4.03. The summed E-state index contributed by atoms with van der Waals surface area (Å²) in [6.45, 7) is 7.48. The van der Waals surface area contributed by atoms with Gasteiger partial charge in [0.15, 0.2) is 0 Å². The lowest BCUT2D eigenvalue weighted by Gasteiger charge is -2.30. The number of nitrogens with one attached hydrogen (secondary N) is 1. The van der Waals surface area contributed by atoms with Crippen LogP contribution in [-0.2, 0) is 11.2 Å². The zero-order valence-electron chi connectivity index (χ0n) is 12.7. The first-order valence-electron chi connectivity index (χ1n) is 7.19. The van der Waals surface area contributed by atoms with Gasteiger partial charge in [0, 0.05) is 23.2 Å². The molecular weight excluding hydrogens is 293 g/mol. The van der Waals surface area contributed by atoms with Gasteiger partial charge in [-0.15, -0.1) is 0 Å². The lowest BCUT2D eigenvalue weighted by molar-refractivity contribution is 0.0333. The van der Waals surface area contributed by atoms with Gasteiger partial charge >= 0.3 is 0 Å². The predicted octanol–water partition coefficient (Wildman–Crippen LogP) is 4.58. The number of hydrogen-bond donors (Lipinski definition) is 1. The van der Waals surface area contributed by atoms with Crippen molar-refractivity contribution >= 4 is 23.2 Å². The van der Waals surface area contributed by atoms with Gasteiger partial charge < -0.3 is 10.1 Å². The van der Waals surface area contributed by atoms with E-state index in [1.165, 1.54) is 0 Å². The fraction of sp³-hybridized carbons (Fsp3) is 0.625. The van der Waals surface area contributed by atoms with Gasteiger partial charge in [0.25, 0.3) is 0 Å². The Kier molecular flexibility index (Phi) is 7.90. The minimum Gasteiger partial charge on any atom is -0.380 e. The highest BCUT2D eigenvalue weighted by molar-refractivity contribution is 6.33. The van der Waals surface area contributed by atoms with Crippen LogP contribution in [0.1, 0.15) is 32.8 Å². The Bertz CT molecular complexity index is 409. The van der Waals surface area contributed by atoms with E-state index in [4.69, 9.17) is 27.9 Å². The topological polar surface area (TPSA) is 21.3 Å². The van der Waals surface area contributed by atoms with Crippen LogP contribution in [0, 0.1) is 5.92 Å². The average molecular weight is 318 g/mol. The normalized spacial score (nSPS) is 14.6. The van der Waals surface area contributed by atoms with Crippen molar-refractivity contribution in [3.63, 3.8) is 0 Å². The van der Waals surface area contributed by atoms with Gasteiger partial charge in [0.1, 0.15) is 0 Å². The van der Waals surface area contributed by atoms with Crippen molar-refractivity contribution in [1.82, 2.24) is 5.32 Å². The summed E-state index contributed by atoms with van der Waals surface area (Å²) in [5, 5.41) is 5.05. The fourth-order valence-electron chi connectivity index (χ4n) is 2.47. The number of ether oxygens (including phenoxy) is 1. The predicted molar refractivity (Wildman–Crippen MR) is 87.9 cm³/mol. The third kappa shape index (κ3) is 5.25. The van der Waals surface area contributed by atoms with Crippen LogP contribution in [0.4, 0.5) is 0 Å². The molecule has 2 unspecified atom stereocenters. The molecule has 0 aliphatic rings. The van der Waals surface area contributed by atoms with Gasteiger partial charge in [0.05, 0.1) is 6.10 Å². The molecule has 0 radical (unpaired) electrons. The molecule has 1 N–H and O–H groups in total. The van der Waals surface area contributed by atoms with E-state index >= 15 is 0 Å². The Hall–Kier alpha value is -0.280. The van der Waals surface area contributed by atoms with Gasteiger partial charge in [-0.1, -0.05) is 44.0 Å². The molecule has 1 aromatic carbocycles. The van der Waals surface area contributed by atoms with Crippen LogP contribution in [0.3, 0.4) is 0 Å². The molecule has 0 bridgehead atoms. The van der Waals surface area contributed by atoms with E-state index in [2.05, 4.69) is 26.1 Å². The number of benzene rings is 1. The minimum absolute atomic E-state index is 0.150. The highest BCUT2D eigenvalue weighted by Crippen LogP contribution is 2.24. The van der Waals surface area contributed by atoms with Crippen LogP contribution in [0.2, 0.25) is 10.0 Å². The lowest BCUT2D eigenvalue weighted by atomic mass is 9.93. The third-order valence-electron chi connectivity index (χ3n) is 3.43. The van der Waals surface area contributed by atoms with Crippen LogP contribution < -0.4 is 5.32 Å². The summed E-state index contributed by atoms with van der Waals surface area (Å²) in [4.78, 5) is 0. The van der Waals surface area contributed by atoms with Gasteiger partial charge in [-0.2, -0.15) is 0 Å². The maximum Gasteiger partial charge on any atom is 0.0750 e. The molecule has 0 amide bonds. The summed E-state index contributed by atoms with van der Waals surface area (Å²) in [5.41, 5.74) is 1.07. The van der Waals surface area contributed by atoms with Crippen LogP contribution in [-0.4, -0.2) is 25.8 Å². The van der Waals surface area contributed by atoms with Crippen molar-refractivity contribution < 1.29 is 4.74 Å². The van der Waals surface area contributed by atoms with Crippen molar-refractivity contribution in [3.8, 4) is 0 Å². The Morgan fingerprint density at radius 3 is 2.50 bits per heavy atom. The molecule has 114 valence electrons. The Morgan fingerprint density at radius 2 is 1.95 bits per heavy atom. The van der Waals surface area contributed by atoms with Crippen LogP contribution in [0.25, 0.3) is 0 Å². The summed E-state index contributed by atoms with van der Waals surface area (Å²) in [5.74, 6) is 0.437. The monoisotopic (exact) mass is 317 g/mol. The Morgan fingerprint density at radius 1 is 1.25 bits per heavy atom. The van der Waals surface area contributed by atoms with Crippen LogP contribution >= 0.6 is 23.2 Å². The second-order valence-corrected chi connectivity index (χ2v) is 6.29. The molecule has 2 nitrogen and oxygen atoms in total. The van der Waals surface area contributed by atoms with Gasteiger partial charge in [-0.05, 0) is 49.1 Å². The van der Waals surface area contributed by atoms with Gasteiger partial charge in [0.2, 0.25) is 0 Å². The van der Waals surface area contributed by atoms with E-state index in [1.807, 2.05) is 18.2 Å². The molecule has 20 heavy (non-hydrogen) atoms. The maximum atomic E-state index is 6.27. The highest BCUT2D eigenvalue weighted by atomic mass is 35.5. The van der Waals surface area contributed by atoms with Crippen molar-refractivity contribution in [3.05, 3.63) is 33.8 Å². The average Bonchev–Trinajstić information content (AvgIpc) is 2.40. The van der Waals surface area contributed by atoms with Crippen molar-refractivity contribution in [2.45, 2.75) is 45.8 Å². The van der Waals surface area contributed by atoms with Crippen LogP contribution in [0.15, 0.2) is 18.2 Å². The highest BCUT2D eigenvalue weighted by Gasteiger charge is 2.24. The molecule has 0 heterocycles. The smallest absolute Gasteiger partial charge is 0.0750 e.